The van der Waals surface area contributed by atoms with Crippen LogP contribution in [-0.4, -0.2) is 48.6 Å². The van der Waals surface area contributed by atoms with E-state index in [0.29, 0.717) is 12.8 Å². The molecule has 0 saturated carbocycles. The first-order chi connectivity index (χ1) is 8.74. The second-order valence-electron chi connectivity index (χ2n) is 4.59. The number of carbonyl (C=O) groups excluding carboxylic acids is 1. The lowest BCUT2D eigenvalue weighted by molar-refractivity contribution is -0.119. The Morgan fingerprint density at radius 3 is 2.83 bits per heavy atom. The number of carbonyl (C=O) groups is 1. The molecule has 1 aromatic rings. The van der Waals surface area contributed by atoms with Crippen LogP contribution >= 0.6 is 0 Å². The van der Waals surface area contributed by atoms with Crippen molar-refractivity contribution in [3.8, 4) is 5.75 Å². The first-order valence-corrected chi connectivity index (χ1v) is 6.34. The highest BCUT2D eigenvalue weighted by Gasteiger charge is 2.12. The van der Waals surface area contributed by atoms with Gasteiger partial charge in [-0.3, -0.25) is 9.69 Å². The summed E-state index contributed by atoms with van der Waals surface area (Å²) in [6.45, 7) is 4.17. The minimum absolute atomic E-state index is 0.215. The van der Waals surface area contributed by atoms with Gasteiger partial charge in [0.25, 0.3) is 0 Å². The van der Waals surface area contributed by atoms with Crippen molar-refractivity contribution in [2.75, 3.05) is 32.8 Å². The van der Waals surface area contributed by atoms with Crippen LogP contribution < -0.4 is 0 Å². The molecule has 1 aromatic carbocycles. The Morgan fingerprint density at radius 2 is 2.11 bits per heavy atom. The summed E-state index contributed by atoms with van der Waals surface area (Å²) in [6.07, 6.45) is 0.967. The summed E-state index contributed by atoms with van der Waals surface area (Å²) in [5.74, 6) is 0.431. The average Bonchev–Trinajstić information content (AvgIpc) is 2.38. The van der Waals surface area contributed by atoms with E-state index in [0.717, 1.165) is 38.4 Å². The molecule has 0 aromatic heterocycles. The predicted molar refractivity (Wildman–Crippen MR) is 68.7 cm³/mol. The van der Waals surface area contributed by atoms with E-state index in [1.165, 1.54) is 0 Å². The van der Waals surface area contributed by atoms with E-state index in [4.69, 9.17) is 4.74 Å². The molecule has 1 aliphatic rings. The van der Waals surface area contributed by atoms with Crippen LogP contribution in [0.5, 0.6) is 5.75 Å². The van der Waals surface area contributed by atoms with Gasteiger partial charge in [0.15, 0.2) is 0 Å². The number of Topliss-reactive ketones (excluding diaryl/α,β-unsaturated/α-hetero) is 1. The maximum atomic E-state index is 11.8. The van der Waals surface area contributed by atoms with Gasteiger partial charge in [-0.15, -0.1) is 0 Å². The molecule has 1 saturated heterocycles. The van der Waals surface area contributed by atoms with Crippen molar-refractivity contribution < 1.29 is 14.6 Å². The molecule has 0 aliphatic carbocycles. The molecule has 0 atom stereocenters. The van der Waals surface area contributed by atoms with Crippen LogP contribution in [0.3, 0.4) is 0 Å². The number of hydrogen-bond acceptors (Lipinski definition) is 4. The lowest BCUT2D eigenvalue weighted by Crippen LogP contribution is -2.37. The number of ketones is 1. The van der Waals surface area contributed by atoms with Crippen LogP contribution in [0.4, 0.5) is 0 Å². The van der Waals surface area contributed by atoms with Gasteiger partial charge in [-0.05, 0) is 17.7 Å². The first kappa shape index (κ1) is 13.1. The second-order valence-corrected chi connectivity index (χ2v) is 4.59. The number of morpholine rings is 1. The zero-order chi connectivity index (χ0) is 12.8. The summed E-state index contributed by atoms with van der Waals surface area (Å²) in [4.78, 5) is 14.1. The van der Waals surface area contributed by atoms with Gasteiger partial charge in [-0.2, -0.15) is 0 Å². The molecule has 4 nitrogen and oxygen atoms in total. The minimum atomic E-state index is 0.215. The van der Waals surface area contributed by atoms with Crippen molar-refractivity contribution in [2.24, 2.45) is 0 Å². The molecule has 98 valence electrons. The quantitative estimate of drug-likeness (QED) is 0.852. The Balaban J connectivity index is 1.74. The predicted octanol–water partition coefficient (Wildman–Crippen LogP) is 1.23. The van der Waals surface area contributed by atoms with Gasteiger partial charge in [0.1, 0.15) is 11.5 Å². The van der Waals surface area contributed by atoms with Crippen LogP contribution in [0.2, 0.25) is 0 Å². The number of hydrogen-bond donors (Lipinski definition) is 1. The SMILES string of the molecule is O=C(CCN1CCOCC1)Cc1cccc(O)c1. The zero-order valence-electron chi connectivity index (χ0n) is 10.5. The van der Waals surface area contributed by atoms with E-state index in [2.05, 4.69) is 4.90 Å². The van der Waals surface area contributed by atoms with Gasteiger partial charge in [-0.1, -0.05) is 12.1 Å². The first-order valence-electron chi connectivity index (χ1n) is 6.34. The van der Waals surface area contributed by atoms with Crippen molar-refractivity contribution in [1.82, 2.24) is 4.90 Å². The number of phenols is 1. The van der Waals surface area contributed by atoms with Crippen molar-refractivity contribution >= 4 is 5.78 Å². The fourth-order valence-electron chi connectivity index (χ4n) is 2.09. The monoisotopic (exact) mass is 249 g/mol. The van der Waals surface area contributed by atoms with Crippen molar-refractivity contribution in [3.05, 3.63) is 29.8 Å². The molecule has 0 amide bonds. The summed E-state index contributed by atoms with van der Waals surface area (Å²) >= 11 is 0. The maximum Gasteiger partial charge on any atom is 0.138 e. The van der Waals surface area contributed by atoms with Gasteiger partial charge >= 0.3 is 0 Å². The minimum Gasteiger partial charge on any atom is -0.508 e. The third-order valence-corrected chi connectivity index (χ3v) is 3.12. The normalized spacial score (nSPS) is 16.7. The Labute approximate surface area is 107 Å². The van der Waals surface area contributed by atoms with E-state index < -0.39 is 0 Å². The highest BCUT2D eigenvalue weighted by molar-refractivity contribution is 5.81. The standard InChI is InChI=1S/C14H19NO3/c16-13-3-1-2-12(10-13)11-14(17)4-5-15-6-8-18-9-7-15/h1-3,10,16H,4-9,11H2. The summed E-state index contributed by atoms with van der Waals surface area (Å²) in [5, 5.41) is 9.33. The summed E-state index contributed by atoms with van der Waals surface area (Å²) in [6, 6.07) is 6.89. The van der Waals surface area contributed by atoms with Gasteiger partial charge in [-0.25, -0.2) is 0 Å². The Kier molecular flexibility index (Phi) is 4.73. The molecular formula is C14H19NO3. The summed E-state index contributed by atoms with van der Waals surface area (Å²) in [5.41, 5.74) is 0.877. The van der Waals surface area contributed by atoms with Gasteiger partial charge in [0, 0.05) is 32.5 Å². The van der Waals surface area contributed by atoms with Crippen LogP contribution in [0.15, 0.2) is 24.3 Å². The lowest BCUT2D eigenvalue weighted by Gasteiger charge is -2.26. The Morgan fingerprint density at radius 1 is 1.33 bits per heavy atom. The fourth-order valence-corrected chi connectivity index (χ4v) is 2.09. The fraction of sp³-hybridized carbons (Fsp3) is 0.500. The molecule has 18 heavy (non-hydrogen) atoms. The highest BCUT2D eigenvalue weighted by atomic mass is 16.5. The molecule has 4 heteroatoms. The second kappa shape index (κ2) is 6.52. The number of aromatic hydroxyl groups is 1. The molecule has 1 heterocycles. The molecule has 1 N–H and O–H groups in total. The number of ether oxygens (including phenoxy) is 1. The maximum absolute atomic E-state index is 11.8. The van der Waals surface area contributed by atoms with Crippen LogP contribution in [0.25, 0.3) is 0 Å². The van der Waals surface area contributed by atoms with E-state index in [-0.39, 0.29) is 11.5 Å². The number of nitrogens with zero attached hydrogens (tertiary/aromatic N) is 1. The van der Waals surface area contributed by atoms with Gasteiger partial charge < -0.3 is 9.84 Å². The van der Waals surface area contributed by atoms with Gasteiger partial charge in [0.05, 0.1) is 13.2 Å². The average molecular weight is 249 g/mol. The topological polar surface area (TPSA) is 49.8 Å². The Bertz CT molecular complexity index is 400. The molecular weight excluding hydrogens is 230 g/mol. The molecule has 2 rings (SSSR count). The largest absolute Gasteiger partial charge is 0.508 e. The third-order valence-electron chi connectivity index (χ3n) is 3.12. The molecule has 0 unspecified atom stereocenters. The molecule has 1 fully saturated rings. The summed E-state index contributed by atoms with van der Waals surface area (Å²) < 4.78 is 5.26. The number of phenolic OH excluding ortho intramolecular Hbond substituents is 1. The molecule has 1 aliphatic heterocycles. The van der Waals surface area contributed by atoms with E-state index in [9.17, 15) is 9.90 Å². The highest BCUT2D eigenvalue weighted by Crippen LogP contribution is 2.12. The smallest absolute Gasteiger partial charge is 0.138 e. The molecule has 0 spiro atoms. The van der Waals surface area contributed by atoms with Crippen LogP contribution in [-0.2, 0) is 16.0 Å². The zero-order valence-corrected chi connectivity index (χ0v) is 10.5. The van der Waals surface area contributed by atoms with Crippen molar-refractivity contribution in [2.45, 2.75) is 12.8 Å². The van der Waals surface area contributed by atoms with Crippen molar-refractivity contribution in [1.29, 1.82) is 0 Å². The van der Waals surface area contributed by atoms with Crippen LogP contribution in [0, 0.1) is 0 Å². The molecule has 0 radical (unpaired) electrons. The van der Waals surface area contributed by atoms with Gasteiger partial charge in [0.2, 0.25) is 0 Å². The molecule has 0 bridgehead atoms. The van der Waals surface area contributed by atoms with Crippen LogP contribution in [0.1, 0.15) is 12.0 Å². The van der Waals surface area contributed by atoms with Crippen molar-refractivity contribution in [3.63, 3.8) is 0 Å². The third kappa shape index (κ3) is 4.13. The van der Waals surface area contributed by atoms with E-state index in [1.807, 2.05) is 6.07 Å². The Hall–Kier alpha value is -1.39. The number of benzene rings is 1. The number of rotatable bonds is 5. The summed E-state index contributed by atoms with van der Waals surface area (Å²) in [7, 11) is 0. The van der Waals surface area contributed by atoms with E-state index in [1.54, 1.807) is 18.2 Å². The van der Waals surface area contributed by atoms with E-state index >= 15 is 0 Å². The lowest BCUT2D eigenvalue weighted by atomic mass is 10.1.